The second kappa shape index (κ2) is 7.15. The second-order valence-corrected chi connectivity index (χ2v) is 5.77. The van der Waals surface area contributed by atoms with E-state index in [1.54, 1.807) is 6.92 Å². The largest absolute Gasteiger partial charge is 0.493 e. The first-order valence-electron chi connectivity index (χ1n) is 6.81. The van der Waals surface area contributed by atoms with E-state index in [0.29, 0.717) is 0 Å². The van der Waals surface area contributed by atoms with Gasteiger partial charge in [0.15, 0.2) is 11.5 Å². The average molecular weight is 335 g/mol. The van der Waals surface area contributed by atoms with Gasteiger partial charge in [0, 0.05) is 4.88 Å². The van der Waals surface area contributed by atoms with Gasteiger partial charge in [-0.1, -0.05) is 6.07 Å². The Balaban J connectivity index is 2.35. The molecule has 0 aliphatic carbocycles. The molecule has 122 valence electrons. The molecule has 1 atom stereocenters. The van der Waals surface area contributed by atoms with Crippen molar-refractivity contribution >= 4 is 28.9 Å². The maximum atomic E-state index is 12.4. The van der Waals surface area contributed by atoms with Crippen LogP contribution in [0.25, 0.3) is 0 Å². The first-order chi connectivity index (χ1) is 11.0. The number of nitrogens with one attached hydrogen (secondary N) is 1. The Morgan fingerprint density at radius 3 is 2.52 bits per heavy atom. The minimum atomic E-state index is -1.12. The summed E-state index contributed by atoms with van der Waals surface area (Å²) in [6.07, 6.45) is 0. The molecular formula is C16H17NO5S. The number of ether oxygens (including phenoxy) is 2. The third kappa shape index (κ3) is 3.62. The number of carbonyl (C=O) groups excluding carboxylic acids is 1. The highest BCUT2D eigenvalue weighted by atomic mass is 32.1. The highest BCUT2D eigenvalue weighted by Crippen LogP contribution is 2.37. The molecular weight excluding hydrogens is 318 g/mol. The highest BCUT2D eigenvalue weighted by Gasteiger charge is 2.21. The molecule has 2 N–H and O–H groups in total. The van der Waals surface area contributed by atoms with Crippen LogP contribution in [-0.4, -0.2) is 31.2 Å². The molecule has 2 aromatic rings. The molecule has 0 spiro atoms. The van der Waals surface area contributed by atoms with Gasteiger partial charge < -0.3 is 19.9 Å². The van der Waals surface area contributed by atoms with E-state index in [-0.39, 0.29) is 34.6 Å². The summed E-state index contributed by atoms with van der Waals surface area (Å²) in [7, 11) is 2.83. The summed E-state index contributed by atoms with van der Waals surface area (Å²) in [6, 6.07) is 6.45. The Kier molecular flexibility index (Phi) is 5.23. The smallest absolute Gasteiger partial charge is 0.335 e. The van der Waals surface area contributed by atoms with Crippen LogP contribution >= 0.6 is 11.3 Å². The molecule has 0 fully saturated rings. The topological polar surface area (TPSA) is 84.9 Å². The number of anilines is 1. The molecule has 0 saturated carbocycles. The van der Waals surface area contributed by atoms with Crippen molar-refractivity contribution in [3.8, 4) is 11.5 Å². The molecule has 1 heterocycles. The van der Waals surface area contributed by atoms with Crippen LogP contribution in [0.5, 0.6) is 11.5 Å². The van der Waals surface area contributed by atoms with Gasteiger partial charge >= 0.3 is 5.97 Å². The summed E-state index contributed by atoms with van der Waals surface area (Å²) >= 11 is 1.48. The maximum Gasteiger partial charge on any atom is 0.335 e. The number of aromatic carboxylic acids is 1. The Labute approximate surface area is 137 Å². The fourth-order valence-electron chi connectivity index (χ4n) is 2.09. The van der Waals surface area contributed by atoms with E-state index in [0.717, 1.165) is 4.88 Å². The standard InChI is InChI=1S/C16H17NO5S/c1-9(13-5-4-6-23-13)15(18)17-11-7-10(16(19)20)8-12(21-2)14(11)22-3/h4-9H,1-3H3,(H,17,18)(H,19,20). The van der Waals surface area contributed by atoms with Crippen molar-refractivity contribution in [1.82, 2.24) is 0 Å². The predicted molar refractivity (Wildman–Crippen MR) is 87.9 cm³/mol. The maximum absolute atomic E-state index is 12.4. The Morgan fingerprint density at radius 2 is 2.00 bits per heavy atom. The first-order valence-corrected chi connectivity index (χ1v) is 7.69. The summed E-state index contributed by atoms with van der Waals surface area (Å²) in [6.45, 7) is 1.78. The molecule has 2 rings (SSSR count). The summed E-state index contributed by atoms with van der Waals surface area (Å²) in [5, 5.41) is 13.8. The fourth-order valence-corrected chi connectivity index (χ4v) is 2.87. The van der Waals surface area contributed by atoms with Gasteiger partial charge in [-0.05, 0) is 30.5 Å². The molecule has 0 radical (unpaired) electrons. The van der Waals surface area contributed by atoms with Crippen molar-refractivity contribution in [2.24, 2.45) is 0 Å². The van der Waals surface area contributed by atoms with Crippen LogP contribution in [-0.2, 0) is 4.79 Å². The van der Waals surface area contributed by atoms with Gasteiger partial charge in [-0.15, -0.1) is 11.3 Å². The van der Waals surface area contributed by atoms with Crippen molar-refractivity contribution < 1.29 is 24.2 Å². The molecule has 7 heteroatoms. The van der Waals surface area contributed by atoms with Crippen LogP contribution in [0, 0.1) is 0 Å². The van der Waals surface area contributed by atoms with Gasteiger partial charge in [-0.25, -0.2) is 4.79 Å². The van der Waals surface area contributed by atoms with Crippen LogP contribution in [0.15, 0.2) is 29.6 Å². The molecule has 0 saturated heterocycles. The number of carboxylic acid groups (broad SMARTS) is 1. The number of rotatable bonds is 6. The van der Waals surface area contributed by atoms with E-state index >= 15 is 0 Å². The number of hydrogen-bond acceptors (Lipinski definition) is 5. The minimum absolute atomic E-state index is 0.00160. The monoisotopic (exact) mass is 335 g/mol. The van der Waals surface area contributed by atoms with Crippen LogP contribution in [0.2, 0.25) is 0 Å². The van der Waals surface area contributed by atoms with Crippen LogP contribution in [0.4, 0.5) is 5.69 Å². The molecule has 0 aliphatic rings. The van der Waals surface area contributed by atoms with E-state index in [4.69, 9.17) is 9.47 Å². The lowest BCUT2D eigenvalue weighted by Gasteiger charge is -2.16. The fraction of sp³-hybridized carbons (Fsp3) is 0.250. The SMILES string of the molecule is COc1cc(C(=O)O)cc(NC(=O)C(C)c2cccs2)c1OC. The number of thiophene rings is 1. The number of hydrogen-bond donors (Lipinski definition) is 2. The quantitative estimate of drug-likeness (QED) is 0.847. The molecule has 0 bridgehead atoms. The van der Waals surface area contributed by atoms with Crippen molar-refractivity contribution in [3.05, 3.63) is 40.1 Å². The Bertz CT molecular complexity index is 712. The summed E-state index contributed by atoms with van der Waals surface area (Å²) < 4.78 is 10.4. The van der Waals surface area contributed by atoms with Crippen molar-refractivity contribution in [1.29, 1.82) is 0 Å². The summed E-state index contributed by atoms with van der Waals surface area (Å²) in [5.74, 6) is -1.21. The highest BCUT2D eigenvalue weighted by molar-refractivity contribution is 7.10. The van der Waals surface area contributed by atoms with Gasteiger partial charge in [0.1, 0.15) is 0 Å². The van der Waals surface area contributed by atoms with Gasteiger partial charge in [0.2, 0.25) is 5.91 Å². The molecule has 1 unspecified atom stereocenters. The lowest BCUT2D eigenvalue weighted by Crippen LogP contribution is -2.19. The number of carboxylic acids is 1. The van der Waals surface area contributed by atoms with Crippen molar-refractivity contribution in [2.45, 2.75) is 12.8 Å². The third-order valence-electron chi connectivity index (χ3n) is 3.35. The summed E-state index contributed by atoms with van der Waals surface area (Å²) in [4.78, 5) is 24.6. The number of methoxy groups -OCH3 is 2. The van der Waals surface area contributed by atoms with E-state index in [9.17, 15) is 14.7 Å². The zero-order valence-electron chi connectivity index (χ0n) is 13.0. The van der Waals surface area contributed by atoms with E-state index in [1.165, 1.54) is 37.7 Å². The molecule has 0 aliphatic heterocycles. The van der Waals surface area contributed by atoms with Gasteiger partial charge in [0.25, 0.3) is 0 Å². The number of amides is 1. The van der Waals surface area contributed by atoms with Gasteiger partial charge in [-0.2, -0.15) is 0 Å². The molecule has 1 amide bonds. The Morgan fingerprint density at radius 1 is 1.26 bits per heavy atom. The van der Waals surface area contributed by atoms with Crippen LogP contribution in [0.3, 0.4) is 0 Å². The molecule has 1 aromatic carbocycles. The Hall–Kier alpha value is -2.54. The zero-order chi connectivity index (χ0) is 17.0. The predicted octanol–water partition coefficient (Wildman–Crippen LogP) is 3.21. The second-order valence-electron chi connectivity index (χ2n) is 4.79. The number of benzene rings is 1. The van der Waals surface area contributed by atoms with Gasteiger partial charge in [-0.3, -0.25) is 4.79 Å². The minimum Gasteiger partial charge on any atom is -0.493 e. The normalized spacial score (nSPS) is 11.6. The van der Waals surface area contributed by atoms with E-state index in [2.05, 4.69) is 5.32 Å². The molecule has 1 aromatic heterocycles. The zero-order valence-corrected chi connectivity index (χ0v) is 13.8. The first kappa shape index (κ1) is 16.8. The summed E-state index contributed by atoms with van der Waals surface area (Å²) in [5.41, 5.74) is 0.263. The van der Waals surface area contributed by atoms with Crippen molar-refractivity contribution in [3.63, 3.8) is 0 Å². The van der Waals surface area contributed by atoms with Crippen molar-refractivity contribution in [2.75, 3.05) is 19.5 Å². The average Bonchev–Trinajstić information content (AvgIpc) is 3.07. The van der Waals surface area contributed by atoms with Crippen LogP contribution < -0.4 is 14.8 Å². The lowest BCUT2D eigenvalue weighted by atomic mass is 10.1. The molecule has 6 nitrogen and oxygen atoms in total. The van der Waals surface area contributed by atoms with Gasteiger partial charge in [0.05, 0.1) is 31.4 Å². The van der Waals surface area contributed by atoms with E-state index in [1.807, 2.05) is 17.5 Å². The number of carbonyl (C=O) groups is 2. The van der Waals surface area contributed by atoms with Crippen LogP contribution in [0.1, 0.15) is 28.1 Å². The third-order valence-corrected chi connectivity index (χ3v) is 4.40. The lowest BCUT2D eigenvalue weighted by molar-refractivity contribution is -0.117. The van der Waals surface area contributed by atoms with E-state index < -0.39 is 5.97 Å². The molecule has 23 heavy (non-hydrogen) atoms.